The number of aryl methyl sites for hydroxylation is 1. The van der Waals surface area contributed by atoms with Gasteiger partial charge in [-0.05, 0) is 72.0 Å². The smallest absolute Gasteiger partial charge is 0.335 e. The molecule has 3 aromatic rings. The Labute approximate surface area is 236 Å². The molecule has 3 aromatic carbocycles. The first-order chi connectivity index (χ1) is 18.7. The zero-order valence-corrected chi connectivity index (χ0v) is 22.9. The van der Waals surface area contributed by atoms with Gasteiger partial charge in [0.2, 0.25) is 0 Å². The third-order valence-electron chi connectivity index (χ3n) is 6.12. The van der Waals surface area contributed by atoms with Gasteiger partial charge in [-0.15, -0.1) is 6.58 Å². The van der Waals surface area contributed by atoms with Crippen molar-refractivity contribution in [3.63, 3.8) is 0 Å². The number of benzene rings is 3. The molecule has 1 aliphatic rings. The lowest BCUT2D eigenvalue weighted by Gasteiger charge is -2.26. The van der Waals surface area contributed by atoms with Crippen molar-refractivity contribution in [2.24, 2.45) is 0 Å². The topological polar surface area (TPSA) is 84.9 Å². The average Bonchev–Trinajstić information content (AvgIpc) is 2.92. The molecule has 0 bridgehead atoms. The summed E-state index contributed by atoms with van der Waals surface area (Å²) in [5.41, 5.74) is 3.28. The van der Waals surface area contributed by atoms with Crippen LogP contribution < -0.4 is 19.7 Å². The summed E-state index contributed by atoms with van der Waals surface area (Å²) in [6.45, 7) is 6.03. The number of anilines is 1. The normalized spacial score (nSPS) is 14.4. The van der Waals surface area contributed by atoms with E-state index in [1.54, 1.807) is 42.5 Å². The Morgan fingerprint density at radius 1 is 0.974 bits per heavy atom. The fourth-order valence-corrected chi connectivity index (χ4v) is 4.43. The van der Waals surface area contributed by atoms with Crippen molar-refractivity contribution in [3.05, 3.63) is 105 Å². The molecule has 4 rings (SSSR count). The second-order valence-corrected chi connectivity index (χ2v) is 9.53. The average molecular weight is 565 g/mol. The van der Waals surface area contributed by atoms with Gasteiger partial charge < -0.3 is 9.47 Å². The summed E-state index contributed by atoms with van der Waals surface area (Å²) in [4.78, 5) is 39.5. The van der Waals surface area contributed by atoms with Crippen molar-refractivity contribution in [1.82, 2.24) is 5.32 Å². The van der Waals surface area contributed by atoms with Crippen LogP contribution in [0.1, 0.15) is 29.2 Å². The number of ether oxygens (including phenoxy) is 2. The van der Waals surface area contributed by atoms with E-state index in [0.717, 1.165) is 28.0 Å². The van der Waals surface area contributed by atoms with Crippen molar-refractivity contribution in [2.75, 3.05) is 12.0 Å². The Bertz CT molecular complexity index is 1480. The van der Waals surface area contributed by atoms with Gasteiger partial charge in [-0.3, -0.25) is 14.9 Å². The quantitative estimate of drug-likeness (QED) is 0.181. The van der Waals surface area contributed by atoms with Gasteiger partial charge in [-0.2, -0.15) is 0 Å². The zero-order chi connectivity index (χ0) is 28.1. The molecule has 1 aliphatic heterocycles. The number of barbiturate groups is 1. The second kappa shape index (κ2) is 12.2. The molecule has 1 fully saturated rings. The van der Waals surface area contributed by atoms with Gasteiger partial charge in [0, 0.05) is 5.56 Å². The highest BCUT2D eigenvalue weighted by Gasteiger charge is 2.36. The molecule has 39 heavy (non-hydrogen) atoms. The fraction of sp³-hybridized carbons (Fsp3) is 0.167. The van der Waals surface area contributed by atoms with Crippen LogP contribution in [0, 0.1) is 0 Å². The van der Waals surface area contributed by atoms with E-state index in [1.807, 2.05) is 25.1 Å². The number of allylic oxidation sites excluding steroid dienone is 1. The molecule has 9 heteroatoms. The van der Waals surface area contributed by atoms with Gasteiger partial charge in [0.1, 0.15) is 12.2 Å². The van der Waals surface area contributed by atoms with E-state index in [1.165, 1.54) is 13.2 Å². The Kier molecular flexibility index (Phi) is 8.74. The number of rotatable bonds is 9. The van der Waals surface area contributed by atoms with E-state index in [-0.39, 0.29) is 12.2 Å². The molecule has 1 saturated heterocycles. The largest absolute Gasteiger partial charge is 0.493 e. The molecule has 1 N–H and O–H groups in total. The summed E-state index contributed by atoms with van der Waals surface area (Å²) in [5.74, 6) is -0.626. The number of carbonyl (C=O) groups excluding carboxylic acids is 3. The number of amides is 4. The SMILES string of the molecule is C=CCc1cc(/C=C2/C(=O)NC(=O)N(c3ccc(CC)cc3)C2=O)cc(OC)c1OCc1ccc(Cl)c(Cl)c1. The Balaban J connectivity index is 1.68. The highest BCUT2D eigenvalue weighted by molar-refractivity contribution is 6.42. The van der Waals surface area contributed by atoms with Crippen LogP contribution >= 0.6 is 23.2 Å². The predicted octanol–water partition coefficient (Wildman–Crippen LogP) is 6.54. The van der Waals surface area contributed by atoms with Gasteiger partial charge in [0.05, 0.1) is 22.8 Å². The van der Waals surface area contributed by atoms with E-state index in [2.05, 4.69) is 11.9 Å². The number of hydrogen-bond acceptors (Lipinski definition) is 5. The second-order valence-electron chi connectivity index (χ2n) is 8.72. The van der Waals surface area contributed by atoms with Crippen LogP contribution in [0.25, 0.3) is 6.08 Å². The Morgan fingerprint density at radius 3 is 2.33 bits per heavy atom. The van der Waals surface area contributed by atoms with E-state index >= 15 is 0 Å². The van der Waals surface area contributed by atoms with Crippen LogP contribution in [0.15, 0.2) is 72.8 Å². The highest BCUT2D eigenvalue weighted by Crippen LogP contribution is 2.36. The Hall–Kier alpha value is -4.07. The van der Waals surface area contributed by atoms with Gasteiger partial charge in [-0.1, -0.05) is 54.4 Å². The van der Waals surface area contributed by atoms with Gasteiger partial charge in [-0.25, -0.2) is 9.69 Å². The molecule has 0 radical (unpaired) electrons. The molecule has 4 amide bonds. The van der Waals surface area contributed by atoms with Crippen LogP contribution in [-0.4, -0.2) is 25.0 Å². The first kappa shape index (κ1) is 28.0. The number of methoxy groups -OCH3 is 1. The third-order valence-corrected chi connectivity index (χ3v) is 6.86. The fourth-order valence-electron chi connectivity index (χ4n) is 4.11. The number of nitrogens with zero attached hydrogens (tertiary/aromatic N) is 1. The van der Waals surface area contributed by atoms with Crippen molar-refractivity contribution < 1.29 is 23.9 Å². The van der Waals surface area contributed by atoms with Gasteiger partial charge in [0.15, 0.2) is 11.5 Å². The van der Waals surface area contributed by atoms with Gasteiger partial charge in [0.25, 0.3) is 11.8 Å². The molecule has 1 heterocycles. The van der Waals surface area contributed by atoms with Crippen LogP contribution in [0.5, 0.6) is 11.5 Å². The summed E-state index contributed by atoms with van der Waals surface area (Å²) < 4.78 is 11.7. The minimum atomic E-state index is -0.803. The summed E-state index contributed by atoms with van der Waals surface area (Å²) >= 11 is 12.1. The van der Waals surface area contributed by atoms with Crippen LogP contribution in [0.4, 0.5) is 10.5 Å². The maximum Gasteiger partial charge on any atom is 0.335 e. The minimum absolute atomic E-state index is 0.190. The third kappa shape index (κ3) is 6.16. The summed E-state index contributed by atoms with van der Waals surface area (Å²) in [6.07, 6.45) is 4.37. The molecule has 0 aromatic heterocycles. The Morgan fingerprint density at radius 2 is 1.69 bits per heavy atom. The number of halogens is 2. The minimum Gasteiger partial charge on any atom is -0.493 e. The van der Waals surface area contributed by atoms with Crippen LogP contribution in [-0.2, 0) is 29.0 Å². The van der Waals surface area contributed by atoms with Crippen molar-refractivity contribution >= 4 is 52.8 Å². The predicted molar refractivity (Wildman–Crippen MR) is 153 cm³/mol. The molecular formula is C30H26Cl2N2O5. The maximum absolute atomic E-state index is 13.3. The number of imide groups is 2. The molecule has 0 spiro atoms. The summed E-state index contributed by atoms with van der Waals surface area (Å²) in [6, 6.07) is 14.9. The standard InChI is InChI=1S/C30H26Cl2N2O5/c1-4-6-21-13-20(16-26(38-3)27(21)39-17-19-9-12-24(31)25(32)15-19)14-23-28(35)33-30(37)34(29(23)36)22-10-7-18(5-2)8-11-22/h4,7-16H,1,5-6,17H2,2-3H3,(H,33,35,37)/b23-14-. The number of nitrogens with one attached hydrogen (secondary N) is 1. The van der Waals surface area contributed by atoms with Gasteiger partial charge >= 0.3 is 6.03 Å². The maximum atomic E-state index is 13.3. The summed E-state index contributed by atoms with van der Waals surface area (Å²) in [5, 5.41) is 3.12. The molecule has 0 saturated carbocycles. The van der Waals surface area contributed by atoms with E-state index in [4.69, 9.17) is 32.7 Å². The summed E-state index contributed by atoms with van der Waals surface area (Å²) in [7, 11) is 1.49. The number of urea groups is 1. The number of carbonyl (C=O) groups is 3. The monoisotopic (exact) mass is 564 g/mol. The van der Waals surface area contributed by atoms with Crippen LogP contribution in [0.3, 0.4) is 0 Å². The van der Waals surface area contributed by atoms with Crippen LogP contribution in [0.2, 0.25) is 10.0 Å². The molecule has 200 valence electrons. The molecule has 0 unspecified atom stereocenters. The molecule has 0 aliphatic carbocycles. The van der Waals surface area contributed by atoms with E-state index in [9.17, 15) is 14.4 Å². The lowest BCUT2D eigenvalue weighted by molar-refractivity contribution is -0.122. The van der Waals surface area contributed by atoms with Crippen molar-refractivity contribution in [3.8, 4) is 11.5 Å². The molecular weight excluding hydrogens is 539 g/mol. The highest BCUT2D eigenvalue weighted by atomic mass is 35.5. The van der Waals surface area contributed by atoms with E-state index in [0.29, 0.717) is 39.2 Å². The zero-order valence-electron chi connectivity index (χ0n) is 21.4. The first-order valence-corrected chi connectivity index (χ1v) is 12.9. The first-order valence-electron chi connectivity index (χ1n) is 12.1. The lowest BCUT2D eigenvalue weighted by Crippen LogP contribution is -2.54. The molecule has 0 atom stereocenters. The lowest BCUT2D eigenvalue weighted by atomic mass is 10.0. The molecule has 7 nitrogen and oxygen atoms in total. The van der Waals surface area contributed by atoms with Crippen molar-refractivity contribution in [2.45, 2.75) is 26.4 Å². The van der Waals surface area contributed by atoms with Crippen molar-refractivity contribution in [1.29, 1.82) is 0 Å². The number of hydrogen-bond donors (Lipinski definition) is 1. The van der Waals surface area contributed by atoms with E-state index < -0.39 is 17.8 Å².